The molecule has 120 valence electrons. The summed E-state index contributed by atoms with van der Waals surface area (Å²) in [6, 6.07) is 3.50. The number of phenols is 1. The van der Waals surface area contributed by atoms with Gasteiger partial charge in [0.05, 0.1) is 11.3 Å². The predicted molar refractivity (Wildman–Crippen MR) is 77.9 cm³/mol. The van der Waals surface area contributed by atoms with Gasteiger partial charge in [0.1, 0.15) is 17.9 Å². The largest absolute Gasteiger partial charge is 0.506 e. The van der Waals surface area contributed by atoms with E-state index in [0.717, 1.165) is 6.07 Å². The molecular formula is C14H18N2O6. The number of hydrogen-bond donors (Lipinski definition) is 4. The van der Waals surface area contributed by atoms with Crippen LogP contribution >= 0.6 is 0 Å². The van der Waals surface area contributed by atoms with Crippen LogP contribution in [0.3, 0.4) is 0 Å². The maximum atomic E-state index is 11.6. The summed E-state index contributed by atoms with van der Waals surface area (Å²) in [4.78, 5) is 33.7. The Labute approximate surface area is 127 Å². The lowest BCUT2D eigenvalue weighted by molar-refractivity contribution is -0.115. The lowest BCUT2D eigenvalue weighted by Crippen LogP contribution is -2.37. The van der Waals surface area contributed by atoms with Gasteiger partial charge >= 0.3 is 12.1 Å². The number of carbonyl (C=O) groups is 3. The molecule has 0 saturated carbocycles. The SMILES string of the molecule is CC(C)(C)OC(=O)NCC(=O)Nc1ccc(C(=O)O)cc1O. The number of alkyl carbamates (subject to hydrolysis) is 1. The number of aromatic hydroxyl groups is 1. The van der Waals surface area contributed by atoms with Crippen LogP contribution in [0.15, 0.2) is 18.2 Å². The average Bonchev–Trinajstić information content (AvgIpc) is 2.36. The van der Waals surface area contributed by atoms with Crippen LogP contribution in [-0.4, -0.2) is 40.3 Å². The van der Waals surface area contributed by atoms with Crippen LogP contribution in [0.5, 0.6) is 5.75 Å². The Hall–Kier alpha value is -2.77. The Morgan fingerprint density at radius 1 is 1.23 bits per heavy atom. The minimum absolute atomic E-state index is 0.0426. The van der Waals surface area contributed by atoms with E-state index in [-0.39, 0.29) is 23.5 Å². The molecule has 0 atom stereocenters. The van der Waals surface area contributed by atoms with Gasteiger partial charge in [0.15, 0.2) is 0 Å². The molecule has 0 bridgehead atoms. The molecule has 1 rings (SSSR count). The maximum absolute atomic E-state index is 11.6. The average molecular weight is 310 g/mol. The molecule has 4 N–H and O–H groups in total. The summed E-state index contributed by atoms with van der Waals surface area (Å²) in [5, 5.41) is 23.0. The number of anilines is 1. The summed E-state index contributed by atoms with van der Waals surface area (Å²) in [5.41, 5.74) is -0.741. The van der Waals surface area contributed by atoms with E-state index in [1.165, 1.54) is 12.1 Å². The van der Waals surface area contributed by atoms with Crippen molar-refractivity contribution in [2.75, 3.05) is 11.9 Å². The molecular weight excluding hydrogens is 292 g/mol. The van der Waals surface area contributed by atoms with Crippen molar-refractivity contribution in [3.05, 3.63) is 23.8 Å². The predicted octanol–water partition coefficient (Wildman–Crippen LogP) is 1.55. The summed E-state index contributed by atoms with van der Waals surface area (Å²) in [5.74, 6) is -2.17. The van der Waals surface area contributed by atoms with Crippen LogP contribution in [0.1, 0.15) is 31.1 Å². The number of carboxylic acids is 1. The fraction of sp³-hybridized carbons (Fsp3) is 0.357. The van der Waals surface area contributed by atoms with Gasteiger partial charge < -0.3 is 25.6 Å². The summed E-state index contributed by atoms with van der Waals surface area (Å²) in [6.45, 7) is 4.72. The molecule has 22 heavy (non-hydrogen) atoms. The Bertz CT molecular complexity index is 591. The highest BCUT2D eigenvalue weighted by atomic mass is 16.6. The van der Waals surface area contributed by atoms with Gasteiger partial charge in [0.2, 0.25) is 5.91 Å². The van der Waals surface area contributed by atoms with Gasteiger partial charge in [-0.1, -0.05) is 0 Å². The monoisotopic (exact) mass is 310 g/mol. The number of aromatic carboxylic acids is 1. The van der Waals surface area contributed by atoms with E-state index < -0.39 is 23.6 Å². The van der Waals surface area contributed by atoms with Crippen molar-refractivity contribution in [3.63, 3.8) is 0 Å². The number of hydrogen-bond acceptors (Lipinski definition) is 5. The first-order chi connectivity index (χ1) is 10.1. The molecule has 0 aliphatic carbocycles. The van der Waals surface area contributed by atoms with Gasteiger partial charge in [-0.3, -0.25) is 4.79 Å². The Morgan fingerprint density at radius 2 is 1.86 bits per heavy atom. The van der Waals surface area contributed by atoms with Crippen LogP contribution in [-0.2, 0) is 9.53 Å². The third-order valence-corrected chi connectivity index (χ3v) is 2.31. The normalized spacial score (nSPS) is 10.7. The minimum Gasteiger partial charge on any atom is -0.506 e. The van der Waals surface area contributed by atoms with Crippen LogP contribution in [0, 0.1) is 0 Å². The maximum Gasteiger partial charge on any atom is 0.408 e. The van der Waals surface area contributed by atoms with Crippen LogP contribution in [0.25, 0.3) is 0 Å². The van der Waals surface area contributed by atoms with E-state index in [9.17, 15) is 19.5 Å². The van der Waals surface area contributed by atoms with Crippen molar-refractivity contribution >= 4 is 23.7 Å². The van der Waals surface area contributed by atoms with Crippen molar-refractivity contribution in [2.24, 2.45) is 0 Å². The molecule has 0 aliphatic rings. The van der Waals surface area contributed by atoms with E-state index in [2.05, 4.69) is 10.6 Å². The molecule has 0 radical (unpaired) electrons. The topological polar surface area (TPSA) is 125 Å². The number of carbonyl (C=O) groups excluding carboxylic acids is 2. The first-order valence-corrected chi connectivity index (χ1v) is 6.41. The molecule has 0 aromatic heterocycles. The van der Waals surface area contributed by atoms with Crippen molar-refractivity contribution in [1.29, 1.82) is 0 Å². The highest BCUT2D eigenvalue weighted by Gasteiger charge is 2.17. The van der Waals surface area contributed by atoms with Gasteiger partial charge in [-0.05, 0) is 39.0 Å². The molecule has 8 heteroatoms. The molecule has 0 spiro atoms. The second-order valence-electron chi connectivity index (χ2n) is 5.44. The molecule has 1 aromatic rings. The molecule has 8 nitrogen and oxygen atoms in total. The molecule has 0 unspecified atom stereocenters. The Kier molecular flexibility index (Phi) is 5.33. The number of amides is 2. The fourth-order valence-corrected chi connectivity index (χ4v) is 1.43. The smallest absolute Gasteiger partial charge is 0.408 e. The summed E-state index contributed by atoms with van der Waals surface area (Å²) < 4.78 is 4.96. The summed E-state index contributed by atoms with van der Waals surface area (Å²) in [6.07, 6.45) is -0.743. The number of phenolic OH excluding ortho intramolecular Hbond substituents is 1. The van der Waals surface area contributed by atoms with Crippen LogP contribution < -0.4 is 10.6 Å². The van der Waals surface area contributed by atoms with Gasteiger partial charge in [-0.2, -0.15) is 0 Å². The molecule has 1 aromatic carbocycles. The van der Waals surface area contributed by atoms with Crippen molar-refractivity contribution in [3.8, 4) is 5.75 Å². The van der Waals surface area contributed by atoms with Crippen LogP contribution in [0.2, 0.25) is 0 Å². The van der Waals surface area contributed by atoms with E-state index >= 15 is 0 Å². The van der Waals surface area contributed by atoms with Gasteiger partial charge in [0.25, 0.3) is 0 Å². The van der Waals surface area contributed by atoms with E-state index in [1.807, 2.05) is 0 Å². The first-order valence-electron chi connectivity index (χ1n) is 6.41. The number of ether oxygens (including phenoxy) is 1. The highest BCUT2D eigenvalue weighted by Crippen LogP contribution is 2.24. The van der Waals surface area contributed by atoms with Crippen molar-refractivity contribution in [1.82, 2.24) is 5.32 Å². The highest BCUT2D eigenvalue weighted by molar-refractivity contribution is 5.96. The van der Waals surface area contributed by atoms with E-state index in [4.69, 9.17) is 9.84 Å². The minimum atomic E-state index is -1.19. The first kappa shape index (κ1) is 17.3. The Morgan fingerprint density at radius 3 is 2.36 bits per heavy atom. The number of benzene rings is 1. The second-order valence-corrected chi connectivity index (χ2v) is 5.44. The summed E-state index contributed by atoms with van der Waals surface area (Å²) >= 11 is 0. The molecule has 0 aliphatic heterocycles. The molecule has 2 amide bonds. The molecule has 0 fully saturated rings. The van der Waals surface area contributed by atoms with Gasteiger partial charge in [0, 0.05) is 0 Å². The third-order valence-electron chi connectivity index (χ3n) is 2.31. The lowest BCUT2D eigenvalue weighted by atomic mass is 10.2. The van der Waals surface area contributed by atoms with Gasteiger partial charge in [-0.15, -0.1) is 0 Å². The number of rotatable bonds is 4. The second kappa shape index (κ2) is 6.79. The van der Waals surface area contributed by atoms with E-state index in [1.54, 1.807) is 20.8 Å². The zero-order valence-corrected chi connectivity index (χ0v) is 12.5. The lowest BCUT2D eigenvalue weighted by Gasteiger charge is -2.19. The van der Waals surface area contributed by atoms with Crippen molar-refractivity contribution in [2.45, 2.75) is 26.4 Å². The number of nitrogens with one attached hydrogen (secondary N) is 2. The zero-order chi connectivity index (χ0) is 16.9. The Balaban J connectivity index is 2.56. The third kappa shape index (κ3) is 5.70. The summed E-state index contributed by atoms with van der Waals surface area (Å²) in [7, 11) is 0. The van der Waals surface area contributed by atoms with Crippen LogP contribution in [0.4, 0.5) is 10.5 Å². The fourth-order valence-electron chi connectivity index (χ4n) is 1.43. The zero-order valence-electron chi connectivity index (χ0n) is 12.5. The quantitative estimate of drug-likeness (QED) is 0.625. The number of carboxylic acid groups (broad SMARTS) is 1. The standard InChI is InChI=1S/C14H18N2O6/c1-14(2,3)22-13(21)15-7-11(18)16-9-5-4-8(12(19)20)6-10(9)17/h4-6,17H,7H2,1-3H3,(H,15,21)(H,16,18)(H,19,20). The molecule has 0 heterocycles. The van der Waals surface area contributed by atoms with Gasteiger partial charge in [-0.25, -0.2) is 9.59 Å². The van der Waals surface area contributed by atoms with E-state index in [0.29, 0.717) is 0 Å². The molecule has 0 saturated heterocycles. The van der Waals surface area contributed by atoms with Crippen molar-refractivity contribution < 1.29 is 29.3 Å².